The maximum Gasteiger partial charge on any atom is 0.227 e. The van der Waals surface area contributed by atoms with Crippen LogP contribution in [-0.4, -0.2) is 9.55 Å². The first-order valence-electron chi connectivity index (χ1n) is 7.01. The molecule has 4 rings (SSSR count). The zero-order chi connectivity index (χ0) is 15.1. The molecule has 0 amide bonds. The van der Waals surface area contributed by atoms with Crippen molar-refractivity contribution in [3.8, 4) is 17.1 Å². The number of nitrogens with zero attached hydrogens (tertiary/aromatic N) is 2. The van der Waals surface area contributed by atoms with E-state index in [9.17, 15) is 0 Å². The Labute approximate surface area is 136 Å². The molecule has 2 aromatic carbocycles. The van der Waals surface area contributed by atoms with Crippen molar-refractivity contribution in [2.45, 2.75) is 6.92 Å². The van der Waals surface area contributed by atoms with Crippen LogP contribution in [0.25, 0.3) is 28.2 Å². The molecule has 0 saturated heterocycles. The zero-order valence-electron chi connectivity index (χ0n) is 12.0. The van der Waals surface area contributed by atoms with Crippen molar-refractivity contribution in [2.75, 3.05) is 0 Å². The quantitative estimate of drug-likeness (QED) is 0.486. The lowest BCUT2D eigenvalue weighted by atomic mass is 10.1. The monoisotopic (exact) mass is 352 g/mol. The highest BCUT2D eigenvalue weighted by molar-refractivity contribution is 9.10. The van der Waals surface area contributed by atoms with E-state index in [0.717, 1.165) is 32.4 Å². The molecule has 0 radical (unpaired) electrons. The van der Waals surface area contributed by atoms with Crippen LogP contribution >= 0.6 is 15.9 Å². The Morgan fingerprint density at radius 1 is 1.05 bits per heavy atom. The van der Waals surface area contributed by atoms with Crippen molar-refractivity contribution < 1.29 is 4.42 Å². The summed E-state index contributed by atoms with van der Waals surface area (Å²) in [5.74, 6) is 0.648. The van der Waals surface area contributed by atoms with Gasteiger partial charge >= 0.3 is 0 Å². The fourth-order valence-electron chi connectivity index (χ4n) is 2.48. The van der Waals surface area contributed by atoms with Crippen LogP contribution in [0, 0.1) is 6.92 Å². The Balaban J connectivity index is 1.81. The van der Waals surface area contributed by atoms with Crippen LogP contribution in [-0.2, 0) is 0 Å². The summed E-state index contributed by atoms with van der Waals surface area (Å²) >= 11 is 3.51. The van der Waals surface area contributed by atoms with Gasteiger partial charge in [-0.2, -0.15) is 0 Å². The van der Waals surface area contributed by atoms with Gasteiger partial charge in [0.05, 0.1) is 0 Å². The van der Waals surface area contributed by atoms with Crippen LogP contribution in [0.15, 0.2) is 69.8 Å². The molecule has 0 aliphatic heterocycles. The fourth-order valence-corrected chi connectivity index (χ4v) is 2.73. The predicted molar refractivity (Wildman–Crippen MR) is 91.2 cm³/mol. The molecule has 0 fully saturated rings. The molecule has 0 saturated carbocycles. The highest BCUT2D eigenvalue weighted by Gasteiger charge is 2.10. The molecule has 0 bridgehead atoms. The van der Waals surface area contributed by atoms with Crippen molar-refractivity contribution >= 4 is 27.0 Å². The van der Waals surface area contributed by atoms with Crippen molar-refractivity contribution in [2.24, 2.45) is 0 Å². The summed E-state index contributed by atoms with van der Waals surface area (Å²) in [6.07, 6.45) is 4.03. The fraction of sp³-hybridized carbons (Fsp3) is 0.0556. The SMILES string of the molecule is Cc1cc(-c2nc3cc(-n4cccc4)ccc3o2)ccc1Br. The third-order valence-corrected chi connectivity index (χ3v) is 4.57. The van der Waals surface area contributed by atoms with E-state index in [1.165, 1.54) is 0 Å². The topological polar surface area (TPSA) is 31.0 Å². The standard InChI is InChI=1S/C18H13BrN2O/c1-12-10-13(4-6-15(12)19)18-20-16-11-14(5-7-17(16)22-18)21-8-2-3-9-21/h2-11H,1H3. The maximum atomic E-state index is 5.89. The predicted octanol–water partition coefficient (Wildman–Crippen LogP) is 5.36. The maximum absolute atomic E-state index is 5.89. The van der Waals surface area contributed by atoms with E-state index >= 15 is 0 Å². The van der Waals surface area contributed by atoms with Crippen molar-refractivity contribution in [1.29, 1.82) is 0 Å². The molecular formula is C18H13BrN2O. The molecule has 0 aliphatic carbocycles. The summed E-state index contributed by atoms with van der Waals surface area (Å²) < 4.78 is 9.02. The summed E-state index contributed by atoms with van der Waals surface area (Å²) in [7, 11) is 0. The summed E-state index contributed by atoms with van der Waals surface area (Å²) in [6.45, 7) is 2.06. The molecule has 0 unspecified atom stereocenters. The largest absolute Gasteiger partial charge is 0.436 e. The summed E-state index contributed by atoms with van der Waals surface area (Å²) in [6, 6.07) is 16.1. The van der Waals surface area contributed by atoms with Crippen LogP contribution in [0.5, 0.6) is 0 Å². The van der Waals surface area contributed by atoms with Crippen LogP contribution < -0.4 is 0 Å². The average Bonchev–Trinajstić information content (AvgIpc) is 3.17. The van der Waals surface area contributed by atoms with Gasteiger partial charge in [0.2, 0.25) is 5.89 Å². The molecule has 0 aliphatic rings. The second kappa shape index (κ2) is 5.14. The number of oxazole rings is 1. The van der Waals surface area contributed by atoms with Gasteiger partial charge in [-0.15, -0.1) is 0 Å². The van der Waals surface area contributed by atoms with Crippen LogP contribution in [0.1, 0.15) is 5.56 Å². The summed E-state index contributed by atoms with van der Waals surface area (Å²) in [5.41, 5.74) is 4.88. The summed E-state index contributed by atoms with van der Waals surface area (Å²) in [5, 5.41) is 0. The van der Waals surface area contributed by atoms with Gasteiger partial charge in [-0.05, 0) is 61.0 Å². The third-order valence-electron chi connectivity index (χ3n) is 3.68. The lowest BCUT2D eigenvalue weighted by Crippen LogP contribution is -1.88. The smallest absolute Gasteiger partial charge is 0.227 e. The molecule has 0 atom stereocenters. The molecule has 22 heavy (non-hydrogen) atoms. The van der Waals surface area contributed by atoms with E-state index < -0.39 is 0 Å². The second-order valence-corrected chi connectivity index (χ2v) is 6.08. The lowest BCUT2D eigenvalue weighted by Gasteiger charge is -2.00. The number of aromatic nitrogens is 2. The van der Waals surface area contributed by atoms with E-state index in [1.54, 1.807) is 0 Å². The summed E-state index contributed by atoms with van der Waals surface area (Å²) in [4.78, 5) is 4.63. The first-order chi connectivity index (χ1) is 10.7. The average molecular weight is 353 g/mol. The Hall–Kier alpha value is -2.33. The normalized spacial score (nSPS) is 11.2. The van der Waals surface area contributed by atoms with Gasteiger partial charge in [-0.1, -0.05) is 15.9 Å². The first-order valence-corrected chi connectivity index (χ1v) is 7.80. The lowest BCUT2D eigenvalue weighted by molar-refractivity contribution is 0.619. The number of benzene rings is 2. The number of hydrogen-bond acceptors (Lipinski definition) is 2. The third kappa shape index (κ3) is 2.25. The number of aryl methyl sites for hydroxylation is 1. The van der Waals surface area contributed by atoms with Gasteiger partial charge in [0, 0.05) is 28.1 Å². The molecule has 0 spiro atoms. The number of rotatable bonds is 2. The number of hydrogen-bond donors (Lipinski definition) is 0. The van der Waals surface area contributed by atoms with E-state index in [1.807, 2.05) is 54.9 Å². The Bertz CT molecular complexity index is 955. The van der Waals surface area contributed by atoms with Gasteiger partial charge in [0.25, 0.3) is 0 Å². The molecule has 0 N–H and O–H groups in total. The number of halogens is 1. The first kappa shape index (κ1) is 13.3. The van der Waals surface area contributed by atoms with Gasteiger partial charge in [0.1, 0.15) is 5.52 Å². The highest BCUT2D eigenvalue weighted by atomic mass is 79.9. The van der Waals surface area contributed by atoms with E-state index in [4.69, 9.17) is 4.42 Å². The van der Waals surface area contributed by atoms with E-state index in [0.29, 0.717) is 5.89 Å². The molecule has 4 heteroatoms. The molecule has 2 heterocycles. The molecule has 2 aromatic heterocycles. The minimum absolute atomic E-state index is 0.648. The zero-order valence-corrected chi connectivity index (χ0v) is 13.5. The second-order valence-electron chi connectivity index (χ2n) is 5.23. The Morgan fingerprint density at radius 2 is 1.86 bits per heavy atom. The van der Waals surface area contributed by atoms with Crippen molar-refractivity contribution in [1.82, 2.24) is 9.55 Å². The van der Waals surface area contributed by atoms with E-state index in [2.05, 4.69) is 38.5 Å². The van der Waals surface area contributed by atoms with Crippen LogP contribution in [0.2, 0.25) is 0 Å². The van der Waals surface area contributed by atoms with Crippen LogP contribution in [0.3, 0.4) is 0 Å². The minimum Gasteiger partial charge on any atom is -0.436 e. The van der Waals surface area contributed by atoms with Crippen molar-refractivity contribution in [3.05, 3.63) is 71.0 Å². The Morgan fingerprint density at radius 3 is 2.64 bits per heavy atom. The van der Waals surface area contributed by atoms with Crippen molar-refractivity contribution in [3.63, 3.8) is 0 Å². The van der Waals surface area contributed by atoms with Gasteiger partial charge in [-0.25, -0.2) is 4.98 Å². The van der Waals surface area contributed by atoms with Gasteiger partial charge in [-0.3, -0.25) is 0 Å². The number of fused-ring (bicyclic) bond motifs is 1. The minimum atomic E-state index is 0.648. The highest BCUT2D eigenvalue weighted by Crippen LogP contribution is 2.28. The van der Waals surface area contributed by atoms with Gasteiger partial charge < -0.3 is 8.98 Å². The molecule has 108 valence electrons. The molecular weight excluding hydrogens is 340 g/mol. The molecule has 4 aromatic rings. The Kier molecular flexibility index (Phi) is 3.12. The molecule has 3 nitrogen and oxygen atoms in total. The van der Waals surface area contributed by atoms with Crippen LogP contribution in [0.4, 0.5) is 0 Å². The van der Waals surface area contributed by atoms with E-state index in [-0.39, 0.29) is 0 Å². The van der Waals surface area contributed by atoms with Gasteiger partial charge in [0.15, 0.2) is 5.58 Å².